The standard InChI is InChI=1S/C15H13ClFN3O2/c1-9(14-10(16)4-2-5-11(14)17)18-8-13-19-15(20-22-13)12-6-3-7-21-12/h2-7,9,18H,8H2,1H3. The monoisotopic (exact) mass is 321 g/mol. The number of furan rings is 1. The van der Waals surface area contributed by atoms with Crippen LogP contribution in [-0.2, 0) is 6.54 Å². The van der Waals surface area contributed by atoms with Gasteiger partial charge in [0.1, 0.15) is 5.82 Å². The van der Waals surface area contributed by atoms with E-state index in [4.69, 9.17) is 20.5 Å². The van der Waals surface area contributed by atoms with E-state index in [9.17, 15) is 4.39 Å². The lowest BCUT2D eigenvalue weighted by Gasteiger charge is -2.15. The molecule has 0 bridgehead atoms. The molecule has 0 saturated carbocycles. The fraction of sp³-hybridized carbons (Fsp3) is 0.200. The normalized spacial score (nSPS) is 12.5. The molecule has 0 amide bonds. The highest BCUT2D eigenvalue weighted by molar-refractivity contribution is 6.31. The predicted octanol–water partition coefficient (Wildman–Crippen LogP) is 3.97. The highest BCUT2D eigenvalue weighted by atomic mass is 35.5. The van der Waals surface area contributed by atoms with Crippen LogP contribution >= 0.6 is 11.6 Å². The van der Waals surface area contributed by atoms with Crippen LogP contribution in [0.3, 0.4) is 0 Å². The third-order valence-corrected chi connectivity index (χ3v) is 3.53. The molecule has 2 aromatic heterocycles. The zero-order valence-corrected chi connectivity index (χ0v) is 12.5. The first-order chi connectivity index (χ1) is 10.6. The molecule has 114 valence electrons. The summed E-state index contributed by atoms with van der Waals surface area (Å²) in [6, 6.07) is 7.78. The fourth-order valence-corrected chi connectivity index (χ4v) is 2.43. The summed E-state index contributed by atoms with van der Waals surface area (Å²) in [5.74, 6) is 0.929. The van der Waals surface area contributed by atoms with Gasteiger partial charge in [0.2, 0.25) is 11.7 Å². The highest BCUT2D eigenvalue weighted by Gasteiger charge is 2.16. The summed E-state index contributed by atoms with van der Waals surface area (Å²) in [4.78, 5) is 4.20. The molecule has 0 spiro atoms. The van der Waals surface area contributed by atoms with Crippen molar-refractivity contribution in [2.75, 3.05) is 0 Å². The number of hydrogen-bond acceptors (Lipinski definition) is 5. The Hall–Kier alpha value is -2.18. The lowest BCUT2D eigenvalue weighted by atomic mass is 10.1. The lowest BCUT2D eigenvalue weighted by Crippen LogP contribution is -2.19. The number of benzene rings is 1. The van der Waals surface area contributed by atoms with E-state index in [0.717, 1.165) is 0 Å². The van der Waals surface area contributed by atoms with Crippen molar-refractivity contribution in [3.05, 3.63) is 58.9 Å². The smallest absolute Gasteiger partial charge is 0.241 e. The Balaban J connectivity index is 1.68. The van der Waals surface area contributed by atoms with Crippen LogP contribution < -0.4 is 5.32 Å². The molecule has 1 aromatic carbocycles. The Kier molecular flexibility index (Phi) is 4.22. The van der Waals surface area contributed by atoms with Crippen LogP contribution in [0.25, 0.3) is 11.6 Å². The molecule has 0 saturated heterocycles. The van der Waals surface area contributed by atoms with Crippen molar-refractivity contribution in [1.29, 1.82) is 0 Å². The van der Waals surface area contributed by atoms with Crippen LogP contribution in [0.15, 0.2) is 45.5 Å². The van der Waals surface area contributed by atoms with Crippen molar-refractivity contribution in [3.63, 3.8) is 0 Å². The van der Waals surface area contributed by atoms with E-state index in [2.05, 4.69) is 15.5 Å². The van der Waals surface area contributed by atoms with Crippen LogP contribution in [0.2, 0.25) is 5.02 Å². The zero-order valence-electron chi connectivity index (χ0n) is 11.7. The maximum Gasteiger partial charge on any atom is 0.241 e. The summed E-state index contributed by atoms with van der Waals surface area (Å²) in [5.41, 5.74) is 0.412. The molecule has 7 heteroatoms. The van der Waals surface area contributed by atoms with Crippen LogP contribution in [0, 0.1) is 5.82 Å². The third kappa shape index (κ3) is 3.03. The topological polar surface area (TPSA) is 64.1 Å². The molecule has 3 rings (SSSR count). The van der Waals surface area contributed by atoms with E-state index < -0.39 is 0 Å². The molecule has 0 radical (unpaired) electrons. The molecule has 22 heavy (non-hydrogen) atoms. The summed E-state index contributed by atoms with van der Waals surface area (Å²) < 4.78 is 24.1. The van der Waals surface area contributed by atoms with Gasteiger partial charge in [-0.15, -0.1) is 0 Å². The number of hydrogen-bond donors (Lipinski definition) is 1. The third-order valence-electron chi connectivity index (χ3n) is 3.20. The van der Waals surface area contributed by atoms with Crippen molar-refractivity contribution in [2.24, 2.45) is 0 Å². The first-order valence-corrected chi connectivity index (χ1v) is 7.06. The van der Waals surface area contributed by atoms with Gasteiger partial charge in [-0.25, -0.2) is 4.39 Å². The Morgan fingerprint density at radius 2 is 2.18 bits per heavy atom. The molecule has 0 aliphatic heterocycles. The van der Waals surface area contributed by atoms with Gasteiger partial charge in [-0.1, -0.05) is 22.8 Å². The molecule has 1 N–H and O–H groups in total. The second-order valence-electron chi connectivity index (χ2n) is 4.73. The van der Waals surface area contributed by atoms with Crippen molar-refractivity contribution in [2.45, 2.75) is 19.5 Å². The van der Waals surface area contributed by atoms with Gasteiger partial charge in [0.25, 0.3) is 0 Å². The van der Waals surface area contributed by atoms with Gasteiger partial charge in [-0.05, 0) is 31.2 Å². The molecule has 0 fully saturated rings. The molecule has 0 aliphatic carbocycles. The molecule has 1 unspecified atom stereocenters. The van der Waals surface area contributed by atoms with Gasteiger partial charge in [0.15, 0.2) is 5.76 Å². The molecule has 0 aliphatic rings. The largest absolute Gasteiger partial charge is 0.461 e. The Morgan fingerprint density at radius 1 is 1.32 bits per heavy atom. The van der Waals surface area contributed by atoms with Gasteiger partial charge in [0.05, 0.1) is 12.8 Å². The van der Waals surface area contributed by atoms with Crippen LogP contribution in [0.1, 0.15) is 24.4 Å². The Morgan fingerprint density at radius 3 is 2.91 bits per heavy atom. The highest BCUT2D eigenvalue weighted by Crippen LogP contribution is 2.25. The van der Waals surface area contributed by atoms with Gasteiger partial charge in [-0.3, -0.25) is 0 Å². The number of aromatic nitrogens is 2. The lowest BCUT2D eigenvalue weighted by molar-refractivity contribution is 0.358. The maximum absolute atomic E-state index is 13.8. The van der Waals surface area contributed by atoms with E-state index in [1.807, 2.05) is 6.92 Å². The van der Waals surface area contributed by atoms with Crippen LogP contribution in [0.4, 0.5) is 4.39 Å². The molecule has 5 nitrogen and oxygen atoms in total. The summed E-state index contributed by atoms with van der Waals surface area (Å²) in [6.07, 6.45) is 1.53. The summed E-state index contributed by atoms with van der Waals surface area (Å²) in [6.45, 7) is 2.10. The maximum atomic E-state index is 13.8. The molecular weight excluding hydrogens is 309 g/mol. The first-order valence-electron chi connectivity index (χ1n) is 6.69. The van der Waals surface area contributed by atoms with E-state index in [0.29, 0.717) is 34.6 Å². The average molecular weight is 322 g/mol. The number of nitrogens with one attached hydrogen (secondary N) is 1. The number of nitrogens with zero attached hydrogens (tertiary/aromatic N) is 2. The van der Waals surface area contributed by atoms with Crippen molar-refractivity contribution in [1.82, 2.24) is 15.5 Å². The fourth-order valence-electron chi connectivity index (χ4n) is 2.10. The van der Waals surface area contributed by atoms with E-state index >= 15 is 0 Å². The predicted molar refractivity (Wildman–Crippen MR) is 78.7 cm³/mol. The summed E-state index contributed by atoms with van der Waals surface area (Å²) in [5, 5.41) is 7.31. The second kappa shape index (κ2) is 6.29. The molecule has 3 aromatic rings. The minimum atomic E-state index is -0.352. The van der Waals surface area contributed by atoms with Crippen LogP contribution in [-0.4, -0.2) is 10.1 Å². The quantitative estimate of drug-likeness (QED) is 0.770. The number of rotatable bonds is 5. The minimum Gasteiger partial charge on any atom is -0.461 e. The second-order valence-corrected chi connectivity index (χ2v) is 5.13. The molecular formula is C15H13ClFN3O2. The minimum absolute atomic E-state index is 0.291. The SMILES string of the molecule is CC(NCc1nc(-c2ccco2)no1)c1c(F)cccc1Cl. The van der Waals surface area contributed by atoms with Gasteiger partial charge >= 0.3 is 0 Å². The van der Waals surface area contributed by atoms with Crippen molar-refractivity contribution in [3.8, 4) is 11.6 Å². The van der Waals surface area contributed by atoms with Crippen LogP contribution in [0.5, 0.6) is 0 Å². The summed E-state index contributed by atoms with van der Waals surface area (Å²) >= 11 is 6.03. The van der Waals surface area contributed by atoms with Gasteiger partial charge in [-0.2, -0.15) is 4.98 Å². The average Bonchev–Trinajstić information content (AvgIpc) is 3.16. The van der Waals surface area contributed by atoms with Gasteiger partial charge < -0.3 is 14.3 Å². The van der Waals surface area contributed by atoms with E-state index in [1.54, 1.807) is 24.3 Å². The van der Waals surface area contributed by atoms with Gasteiger partial charge in [0, 0.05) is 16.6 Å². The van der Waals surface area contributed by atoms with Crippen molar-refractivity contribution < 1.29 is 13.3 Å². The van der Waals surface area contributed by atoms with E-state index in [-0.39, 0.29) is 11.9 Å². The first kappa shape index (κ1) is 14.7. The molecule has 2 heterocycles. The summed E-state index contributed by atoms with van der Waals surface area (Å²) in [7, 11) is 0. The zero-order chi connectivity index (χ0) is 15.5. The number of halogens is 2. The Bertz CT molecular complexity index is 738. The molecule has 1 atom stereocenters. The van der Waals surface area contributed by atoms with E-state index in [1.165, 1.54) is 12.3 Å². The van der Waals surface area contributed by atoms with Crippen molar-refractivity contribution >= 4 is 11.6 Å². The Labute approximate surface area is 131 Å².